The number of fused-ring (bicyclic) bond motifs is 1. The monoisotopic (exact) mass is 178 g/mol. The number of carbonyl (C=O) groups excluding carboxylic acids is 1. The first kappa shape index (κ1) is 8.71. The third-order valence-electron chi connectivity index (χ3n) is 3.10. The van der Waals surface area contributed by atoms with Gasteiger partial charge >= 0.3 is 0 Å². The molecule has 3 nitrogen and oxygen atoms in total. The van der Waals surface area contributed by atoms with Gasteiger partial charge in [0, 0.05) is 6.42 Å². The Kier molecular flexibility index (Phi) is 2.32. The van der Waals surface area contributed by atoms with Crippen LogP contribution in [0, 0.1) is 17.2 Å². The zero-order valence-corrected chi connectivity index (χ0v) is 7.70. The lowest BCUT2D eigenvalue weighted by atomic mass is 9.84. The number of rotatable bonds is 0. The number of hydrogen-bond acceptors (Lipinski definition) is 3. The molecule has 0 aromatic heterocycles. The van der Waals surface area contributed by atoms with Crippen molar-refractivity contribution < 1.29 is 4.79 Å². The van der Waals surface area contributed by atoms with Crippen LogP contribution in [0.2, 0.25) is 0 Å². The second-order valence-electron chi connectivity index (χ2n) is 3.93. The number of piperidine rings is 2. The van der Waals surface area contributed by atoms with E-state index in [2.05, 4.69) is 11.0 Å². The molecule has 2 atom stereocenters. The summed E-state index contributed by atoms with van der Waals surface area (Å²) in [6, 6.07) is 2.21. The Morgan fingerprint density at radius 3 is 2.92 bits per heavy atom. The molecule has 0 unspecified atom stereocenters. The van der Waals surface area contributed by atoms with E-state index in [-0.39, 0.29) is 17.7 Å². The minimum Gasteiger partial charge on any atom is -0.298 e. The fourth-order valence-corrected chi connectivity index (χ4v) is 2.48. The van der Waals surface area contributed by atoms with Crippen LogP contribution in [0.1, 0.15) is 25.7 Å². The third kappa shape index (κ3) is 1.47. The van der Waals surface area contributed by atoms with Crippen LogP contribution in [0.15, 0.2) is 0 Å². The SMILES string of the molecule is N#C[C@@H]1CCCN2CCCC(=O)[C@H]12. The Hall–Kier alpha value is -0.880. The molecule has 0 aliphatic carbocycles. The first-order valence-corrected chi connectivity index (χ1v) is 4.99. The lowest BCUT2D eigenvalue weighted by Gasteiger charge is -2.40. The first-order valence-electron chi connectivity index (χ1n) is 4.99. The Bertz CT molecular complexity index is 254. The maximum absolute atomic E-state index is 11.6. The van der Waals surface area contributed by atoms with Crippen molar-refractivity contribution in [3.63, 3.8) is 0 Å². The Morgan fingerprint density at radius 1 is 1.38 bits per heavy atom. The molecule has 2 heterocycles. The summed E-state index contributed by atoms with van der Waals surface area (Å²) in [5.74, 6) is 0.249. The van der Waals surface area contributed by atoms with E-state index in [9.17, 15) is 4.79 Å². The molecule has 0 saturated carbocycles. The number of hydrogen-bond donors (Lipinski definition) is 0. The number of carbonyl (C=O) groups is 1. The van der Waals surface area contributed by atoms with Crippen molar-refractivity contribution in [3.05, 3.63) is 0 Å². The highest BCUT2D eigenvalue weighted by atomic mass is 16.1. The predicted molar refractivity (Wildman–Crippen MR) is 47.9 cm³/mol. The van der Waals surface area contributed by atoms with Crippen molar-refractivity contribution in [1.29, 1.82) is 5.26 Å². The Labute approximate surface area is 78.3 Å². The number of Topliss-reactive ketones (excluding diaryl/α,β-unsaturated/α-hetero) is 1. The molecule has 2 aliphatic rings. The van der Waals surface area contributed by atoms with Crippen molar-refractivity contribution in [3.8, 4) is 6.07 Å². The van der Waals surface area contributed by atoms with Gasteiger partial charge in [0.05, 0.1) is 18.0 Å². The zero-order chi connectivity index (χ0) is 9.26. The topological polar surface area (TPSA) is 44.1 Å². The van der Waals surface area contributed by atoms with Gasteiger partial charge in [0.15, 0.2) is 5.78 Å². The highest BCUT2D eigenvalue weighted by molar-refractivity contribution is 5.85. The van der Waals surface area contributed by atoms with Gasteiger partial charge in [-0.25, -0.2) is 0 Å². The minimum absolute atomic E-state index is 0.0402. The number of ketones is 1. The molecule has 3 heteroatoms. The van der Waals surface area contributed by atoms with E-state index in [4.69, 9.17) is 5.26 Å². The van der Waals surface area contributed by atoms with E-state index < -0.39 is 0 Å². The van der Waals surface area contributed by atoms with Gasteiger partial charge in [-0.3, -0.25) is 9.69 Å². The highest BCUT2D eigenvalue weighted by Crippen LogP contribution is 2.28. The lowest BCUT2D eigenvalue weighted by Crippen LogP contribution is -2.52. The van der Waals surface area contributed by atoms with Gasteiger partial charge in [-0.2, -0.15) is 5.26 Å². The molecule has 0 N–H and O–H groups in total. The number of nitrogens with zero attached hydrogens (tertiary/aromatic N) is 2. The van der Waals surface area contributed by atoms with Crippen LogP contribution >= 0.6 is 0 Å². The third-order valence-corrected chi connectivity index (χ3v) is 3.10. The van der Waals surface area contributed by atoms with E-state index in [1.807, 2.05) is 0 Å². The van der Waals surface area contributed by atoms with Gasteiger partial charge in [0.2, 0.25) is 0 Å². The summed E-state index contributed by atoms with van der Waals surface area (Å²) in [5.41, 5.74) is 0. The lowest BCUT2D eigenvalue weighted by molar-refractivity contribution is -0.129. The molecule has 2 saturated heterocycles. The van der Waals surface area contributed by atoms with Crippen LogP contribution in [0.3, 0.4) is 0 Å². The van der Waals surface area contributed by atoms with Crippen molar-refractivity contribution in [2.45, 2.75) is 31.7 Å². The van der Waals surface area contributed by atoms with Crippen LogP contribution < -0.4 is 0 Å². The van der Waals surface area contributed by atoms with Crippen molar-refractivity contribution in [2.75, 3.05) is 13.1 Å². The molecule has 2 fully saturated rings. The summed E-state index contributed by atoms with van der Waals surface area (Å²) < 4.78 is 0. The standard InChI is InChI=1S/C10H14N2O/c11-7-8-3-1-5-12-6-2-4-9(13)10(8)12/h8,10H,1-6H2/t8-,10-/m0/s1. The summed E-state index contributed by atoms with van der Waals surface area (Å²) in [7, 11) is 0. The van der Waals surface area contributed by atoms with E-state index in [0.29, 0.717) is 6.42 Å². The van der Waals surface area contributed by atoms with Crippen LogP contribution in [-0.2, 0) is 4.79 Å². The van der Waals surface area contributed by atoms with Crippen LogP contribution in [-0.4, -0.2) is 29.8 Å². The second-order valence-corrected chi connectivity index (χ2v) is 3.93. The molecule has 0 aromatic rings. The molecule has 0 aromatic carbocycles. The van der Waals surface area contributed by atoms with Crippen molar-refractivity contribution in [2.24, 2.45) is 5.92 Å². The molecular formula is C10H14N2O. The summed E-state index contributed by atoms with van der Waals surface area (Å²) in [4.78, 5) is 13.8. The van der Waals surface area contributed by atoms with E-state index >= 15 is 0 Å². The van der Waals surface area contributed by atoms with Gasteiger partial charge in [-0.1, -0.05) is 0 Å². The fraction of sp³-hybridized carbons (Fsp3) is 0.800. The van der Waals surface area contributed by atoms with Gasteiger partial charge < -0.3 is 0 Å². The van der Waals surface area contributed by atoms with Crippen molar-refractivity contribution in [1.82, 2.24) is 4.90 Å². The second kappa shape index (κ2) is 3.47. The normalized spacial score (nSPS) is 35.2. The summed E-state index contributed by atoms with van der Waals surface area (Å²) >= 11 is 0. The number of nitriles is 1. The van der Waals surface area contributed by atoms with Gasteiger partial charge in [-0.15, -0.1) is 0 Å². The summed E-state index contributed by atoms with van der Waals surface area (Å²) in [6.07, 6.45) is 3.64. The molecular weight excluding hydrogens is 164 g/mol. The first-order chi connectivity index (χ1) is 6.33. The minimum atomic E-state index is -0.0625. The molecule has 0 bridgehead atoms. The maximum Gasteiger partial charge on any atom is 0.151 e. The summed E-state index contributed by atoms with van der Waals surface area (Å²) in [6.45, 7) is 2.02. The molecule has 13 heavy (non-hydrogen) atoms. The van der Waals surface area contributed by atoms with Crippen molar-refractivity contribution >= 4 is 5.78 Å². The largest absolute Gasteiger partial charge is 0.298 e. The predicted octanol–water partition coefficient (Wildman–Crippen LogP) is 0.953. The molecule has 70 valence electrons. The summed E-state index contributed by atoms with van der Waals surface area (Å²) in [5, 5.41) is 8.92. The Morgan fingerprint density at radius 2 is 2.15 bits per heavy atom. The van der Waals surface area contributed by atoms with E-state index in [1.54, 1.807) is 0 Å². The van der Waals surface area contributed by atoms with Crippen LogP contribution in [0.25, 0.3) is 0 Å². The Balaban J connectivity index is 2.17. The average molecular weight is 178 g/mol. The fourth-order valence-electron chi connectivity index (χ4n) is 2.48. The van der Waals surface area contributed by atoms with E-state index in [0.717, 1.165) is 32.4 Å². The molecule has 2 aliphatic heterocycles. The molecule has 0 spiro atoms. The van der Waals surface area contributed by atoms with Crippen LogP contribution in [0.5, 0.6) is 0 Å². The zero-order valence-electron chi connectivity index (χ0n) is 7.70. The average Bonchev–Trinajstić information content (AvgIpc) is 2.17. The van der Waals surface area contributed by atoms with Gasteiger partial charge in [-0.05, 0) is 32.4 Å². The molecule has 0 radical (unpaired) electrons. The van der Waals surface area contributed by atoms with Gasteiger partial charge in [0.25, 0.3) is 0 Å². The quantitative estimate of drug-likeness (QED) is 0.554. The smallest absolute Gasteiger partial charge is 0.151 e. The van der Waals surface area contributed by atoms with Gasteiger partial charge in [0.1, 0.15) is 0 Å². The molecule has 0 amide bonds. The maximum atomic E-state index is 11.6. The highest BCUT2D eigenvalue weighted by Gasteiger charge is 2.38. The van der Waals surface area contributed by atoms with E-state index in [1.165, 1.54) is 0 Å². The molecule has 2 rings (SSSR count). The van der Waals surface area contributed by atoms with Crippen LogP contribution in [0.4, 0.5) is 0 Å².